The lowest BCUT2D eigenvalue weighted by Crippen LogP contribution is -2.29. The quantitative estimate of drug-likeness (QED) is 0.695. The summed E-state index contributed by atoms with van der Waals surface area (Å²) in [6, 6.07) is 12.8. The Kier molecular flexibility index (Phi) is 7.01. The SMILES string of the molecule is C/C=c1/cc(C(=O)OC)c(Br)c/c1=C(/CC)Cc1ccc(CC)cc1. The molecular formula is C22H25BrO2. The van der Waals surface area contributed by atoms with Crippen molar-refractivity contribution in [1.82, 2.24) is 0 Å². The van der Waals surface area contributed by atoms with Crippen molar-refractivity contribution >= 4 is 33.5 Å². The molecule has 0 amide bonds. The van der Waals surface area contributed by atoms with Gasteiger partial charge in [-0.1, -0.05) is 49.8 Å². The van der Waals surface area contributed by atoms with Crippen LogP contribution in [0.4, 0.5) is 0 Å². The minimum absolute atomic E-state index is 0.324. The number of ether oxygens (including phenoxy) is 1. The zero-order chi connectivity index (χ0) is 18.4. The van der Waals surface area contributed by atoms with Gasteiger partial charge in [0.1, 0.15) is 0 Å². The van der Waals surface area contributed by atoms with Crippen LogP contribution < -0.4 is 10.4 Å². The van der Waals surface area contributed by atoms with E-state index in [1.165, 1.54) is 29.0 Å². The molecule has 2 nitrogen and oxygen atoms in total. The first-order chi connectivity index (χ1) is 12.0. The van der Waals surface area contributed by atoms with Gasteiger partial charge in [-0.2, -0.15) is 0 Å². The van der Waals surface area contributed by atoms with E-state index in [0.29, 0.717) is 5.56 Å². The van der Waals surface area contributed by atoms with Crippen molar-refractivity contribution in [2.24, 2.45) is 0 Å². The third-order valence-electron chi connectivity index (χ3n) is 4.51. The fraction of sp³-hybridized carbons (Fsp3) is 0.318. The summed E-state index contributed by atoms with van der Waals surface area (Å²) in [7, 11) is 1.40. The van der Waals surface area contributed by atoms with Crippen LogP contribution in [0.1, 0.15) is 48.7 Å². The summed E-state index contributed by atoms with van der Waals surface area (Å²) in [4.78, 5) is 11.9. The summed E-state index contributed by atoms with van der Waals surface area (Å²) >= 11 is 3.53. The van der Waals surface area contributed by atoms with Gasteiger partial charge in [-0.3, -0.25) is 0 Å². The molecule has 0 saturated carbocycles. The van der Waals surface area contributed by atoms with E-state index in [0.717, 1.165) is 29.0 Å². The average Bonchev–Trinajstić information content (AvgIpc) is 2.65. The Morgan fingerprint density at radius 1 is 1.12 bits per heavy atom. The zero-order valence-corrected chi connectivity index (χ0v) is 16.9. The molecule has 0 aromatic heterocycles. The maximum atomic E-state index is 11.9. The van der Waals surface area contributed by atoms with Gasteiger partial charge in [-0.25, -0.2) is 4.79 Å². The zero-order valence-electron chi connectivity index (χ0n) is 15.4. The predicted molar refractivity (Wildman–Crippen MR) is 108 cm³/mol. The van der Waals surface area contributed by atoms with Gasteiger partial charge >= 0.3 is 5.97 Å². The molecule has 0 N–H and O–H groups in total. The van der Waals surface area contributed by atoms with E-state index in [1.54, 1.807) is 0 Å². The molecule has 0 aliphatic heterocycles. The normalized spacial score (nSPS) is 12.9. The molecule has 2 rings (SSSR count). The Balaban J connectivity index is 2.56. The number of benzene rings is 2. The highest BCUT2D eigenvalue weighted by atomic mass is 79.9. The highest BCUT2D eigenvalue weighted by Gasteiger charge is 2.11. The van der Waals surface area contributed by atoms with E-state index in [-0.39, 0.29) is 5.97 Å². The van der Waals surface area contributed by atoms with Crippen molar-refractivity contribution in [1.29, 1.82) is 0 Å². The van der Waals surface area contributed by atoms with Crippen molar-refractivity contribution in [3.8, 4) is 0 Å². The van der Waals surface area contributed by atoms with Crippen molar-refractivity contribution in [3.05, 3.63) is 68.0 Å². The van der Waals surface area contributed by atoms with Crippen LogP contribution in [0.3, 0.4) is 0 Å². The van der Waals surface area contributed by atoms with Crippen LogP contribution in [0.25, 0.3) is 11.6 Å². The number of rotatable bonds is 5. The van der Waals surface area contributed by atoms with Crippen LogP contribution in [0.2, 0.25) is 0 Å². The molecule has 0 fully saturated rings. The second kappa shape index (κ2) is 9.00. The lowest BCUT2D eigenvalue weighted by atomic mass is 9.97. The second-order valence-electron chi connectivity index (χ2n) is 6.00. The van der Waals surface area contributed by atoms with Gasteiger partial charge in [0.2, 0.25) is 0 Å². The molecule has 132 valence electrons. The second-order valence-corrected chi connectivity index (χ2v) is 6.86. The van der Waals surface area contributed by atoms with Crippen LogP contribution in [0, 0.1) is 0 Å². The fourth-order valence-electron chi connectivity index (χ4n) is 2.95. The minimum Gasteiger partial charge on any atom is -0.465 e. The molecule has 0 spiro atoms. The average molecular weight is 401 g/mol. The van der Waals surface area contributed by atoms with Crippen LogP contribution in [-0.4, -0.2) is 13.1 Å². The maximum absolute atomic E-state index is 11.9. The number of hydrogen-bond acceptors (Lipinski definition) is 2. The standard InChI is InChI=1S/C22H25BrO2/c1-5-15-8-10-16(11-9-15)12-17(6-2)19-14-21(23)20(22(24)25-4)13-18(19)7-3/h7-11,13-14H,5-6,12H2,1-4H3/b18-7-,19-17+. The number of carbonyl (C=O) groups excluding carboxylic acids is 1. The Morgan fingerprint density at radius 2 is 1.76 bits per heavy atom. The summed E-state index contributed by atoms with van der Waals surface area (Å²) in [6.45, 7) is 6.34. The molecular weight excluding hydrogens is 376 g/mol. The summed E-state index contributed by atoms with van der Waals surface area (Å²) < 4.78 is 5.64. The molecule has 0 bridgehead atoms. The summed E-state index contributed by atoms with van der Waals surface area (Å²) in [5.74, 6) is -0.324. The van der Waals surface area contributed by atoms with E-state index in [2.05, 4.69) is 54.0 Å². The van der Waals surface area contributed by atoms with E-state index in [1.807, 2.05) is 25.1 Å². The first-order valence-electron chi connectivity index (χ1n) is 8.68. The third-order valence-corrected chi connectivity index (χ3v) is 5.17. The van der Waals surface area contributed by atoms with E-state index in [9.17, 15) is 4.79 Å². The van der Waals surface area contributed by atoms with Crippen molar-refractivity contribution in [3.63, 3.8) is 0 Å². The van der Waals surface area contributed by atoms with Crippen molar-refractivity contribution in [2.45, 2.75) is 40.0 Å². The van der Waals surface area contributed by atoms with E-state index >= 15 is 0 Å². The smallest absolute Gasteiger partial charge is 0.339 e. The number of aryl methyl sites for hydroxylation is 1. The van der Waals surface area contributed by atoms with Gasteiger partial charge in [-0.15, -0.1) is 0 Å². The molecule has 0 saturated heterocycles. The fourth-order valence-corrected chi connectivity index (χ4v) is 3.46. The number of carbonyl (C=O) groups is 1. The molecule has 2 aromatic carbocycles. The Hall–Kier alpha value is -1.87. The lowest BCUT2D eigenvalue weighted by molar-refractivity contribution is 0.0599. The maximum Gasteiger partial charge on any atom is 0.339 e. The van der Waals surface area contributed by atoms with Crippen LogP contribution >= 0.6 is 15.9 Å². The number of esters is 1. The lowest BCUT2D eigenvalue weighted by Gasteiger charge is -2.09. The van der Waals surface area contributed by atoms with Gasteiger partial charge in [-0.05, 0) is 75.8 Å². The molecule has 0 aliphatic rings. The van der Waals surface area contributed by atoms with Crippen molar-refractivity contribution in [2.75, 3.05) is 7.11 Å². The first kappa shape index (κ1) is 19.5. The van der Waals surface area contributed by atoms with E-state index in [4.69, 9.17) is 4.74 Å². The third kappa shape index (κ3) is 4.60. The molecule has 0 aliphatic carbocycles. The molecule has 25 heavy (non-hydrogen) atoms. The molecule has 0 atom stereocenters. The first-order valence-corrected chi connectivity index (χ1v) is 9.47. The van der Waals surface area contributed by atoms with Crippen LogP contribution in [0.15, 0.2) is 40.9 Å². The Bertz CT molecular complexity index is 864. The van der Waals surface area contributed by atoms with Gasteiger partial charge in [0, 0.05) is 4.47 Å². The number of hydrogen-bond donors (Lipinski definition) is 0. The molecule has 3 heteroatoms. The summed E-state index contributed by atoms with van der Waals surface area (Å²) in [5.41, 5.74) is 4.58. The monoisotopic (exact) mass is 400 g/mol. The van der Waals surface area contributed by atoms with Gasteiger partial charge in [0.05, 0.1) is 12.7 Å². The summed E-state index contributed by atoms with van der Waals surface area (Å²) in [5, 5.41) is 2.25. The topological polar surface area (TPSA) is 26.3 Å². The Labute approximate surface area is 158 Å². The van der Waals surface area contributed by atoms with Gasteiger partial charge < -0.3 is 4.74 Å². The van der Waals surface area contributed by atoms with Crippen LogP contribution in [-0.2, 0) is 17.6 Å². The number of methoxy groups -OCH3 is 1. The van der Waals surface area contributed by atoms with Crippen molar-refractivity contribution < 1.29 is 9.53 Å². The van der Waals surface area contributed by atoms with Gasteiger partial charge in [0.15, 0.2) is 0 Å². The Morgan fingerprint density at radius 3 is 2.28 bits per heavy atom. The number of halogens is 1. The largest absolute Gasteiger partial charge is 0.465 e. The van der Waals surface area contributed by atoms with E-state index < -0.39 is 0 Å². The predicted octanol–water partition coefficient (Wildman–Crippen LogP) is 4.40. The molecule has 0 radical (unpaired) electrons. The molecule has 0 heterocycles. The highest BCUT2D eigenvalue weighted by Crippen LogP contribution is 2.16. The van der Waals surface area contributed by atoms with Gasteiger partial charge in [0.25, 0.3) is 0 Å². The molecule has 2 aromatic rings. The summed E-state index contributed by atoms with van der Waals surface area (Å²) in [6.07, 6.45) is 4.97. The minimum atomic E-state index is -0.324. The molecule has 0 unspecified atom stereocenters. The van der Waals surface area contributed by atoms with Crippen LogP contribution in [0.5, 0.6) is 0 Å². The highest BCUT2D eigenvalue weighted by molar-refractivity contribution is 9.10.